The lowest BCUT2D eigenvalue weighted by Crippen LogP contribution is -2.17. The number of phenols is 1. The van der Waals surface area contributed by atoms with Gasteiger partial charge in [0, 0.05) is 62.1 Å². The average molecular weight is 1020 g/mol. The van der Waals surface area contributed by atoms with Crippen molar-refractivity contribution in [3.63, 3.8) is 0 Å². The van der Waals surface area contributed by atoms with Crippen molar-refractivity contribution in [1.82, 2.24) is 19.1 Å². The SMILES string of the molecule is CC(C)(C)c1cc(-c2cc(-c3cccc4c5ccccc5n(-c5ccc(N(c6ccccc6)c6ccccc6)cc5)c34)ccn2)cc(-c2cccc3c2nc(-c2ccccc2O)n3-c2cc(C(C)(C)C)cc(C(C)(C)C)c2)c1. The Morgan fingerprint density at radius 2 is 0.936 bits per heavy atom. The number of fused-ring (bicyclic) bond motifs is 4. The van der Waals surface area contributed by atoms with Crippen molar-refractivity contribution >= 4 is 49.9 Å². The van der Waals surface area contributed by atoms with E-state index >= 15 is 0 Å². The summed E-state index contributed by atoms with van der Waals surface area (Å²) in [6.45, 7) is 20.4. The van der Waals surface area contributed by atoms with Crippen molar-refractivity contribution in [3.05, 3.63) is 241 Å². The van der Waals surface area contributed by atoms with E-state index in [9.17, 15) is 5.11 Å². The Bertz CT molecular complexity index is 4130. The molecular formula is C72H65N5O. The number of pyridine rings is 1. The number of rotatable bonds is 9. The van der Waals surface area contributed by atoms with Gasteiger partial charge in [-0.1, -0.05) is 172 Å². The minimum absolute atomic E-state index is 0.103. The van der Waals surface area contributed by atoms with Crippen LogP contribution in [0.25, 0.3) is 89.1 Å². The molecule has 384 valence electrons. The fourth-order valence-electron chi connectivity index (χ4n) is 11.0. The average Bonchev–Trinajstić information content (AvgIpc) is 4.17. The molecule has 12 aromatic rings. The monoisotopic (exact) mass is 1020 g/mol. The largest absolute Gasteiger partial charge is 0.507 e. The van der Waals surface area contributed by atoms with E-state index in [1.807, 2.05) is 24.4 Å². The maximum absolute atomic E-state index is 11.5. The summed E-state index contributed by atoms with van der Waals surface area (Å²) in [4.78, 5) is 13.0. The van der Waals surface area contributed by atoms with E-state index in [2.05, 4.69) is 270 Å². The minimum Gasteiger partial charge on any atom is -0.507 e. The van der Waals surface area contributed by atoms with Crippen LogP contribution in [0.5, 0.6) is 5.75 Å². The fraction of sp³-hybridized carbons (Fsp3) is 0.167. The van der Waals surface area contributed by atoms with Crippen molar-refractivity contribution in [3.8, 4) is 62.0 Å². The zero-order chi connectivity index (χ0) is 54.1. The van der Waals surface area contributed by atoms with Crippen LogP contribution in [0.3, 0.4) is 0 Å². The molecule has 1 N–H and O–H groups in total. The molecule has 3 aromatic heterocycles. The van der Waals surface area contributed by atoms with Crippen LogP contribution in [0.1, 0.15) is 79.0 Å². The Kier molecular flexibility index (Phi) is 12.3. The zero-order valence-electron chi connectivity index (χ0n) is 46.0. The summed E-state index contributed by atoms with van der Waals surface area (Å²) >= 11 is 0. The Balaban J connectivity index is 1.01. The van der Waals surface area contributed by atoms with Gasteiger partial charge in [-0.05, 0) is 153 Å². The molecule has 0 saturated carbocycles. The molecule has 3 heterocycles. The van der Waals surface area contributed by atoms with Crippen LogP contribution in [0.4, 0.5) is 17.1 Å². The minimum atomic E-state index is -0.186. The van der Waals surface area contributed by atoms with E-state index in [4.69, 9.17) is 9.97 Å². The summed E-state index contributed by atoms with van der Waals surface area (Å²) in [5.41, 5.74) is 19.6. The van der Waals surface area contributed by atoms with E-state index < -0.39 is 0 Å². The molecule has 6 heteroatoms. The van der Waals surface area contributed by atoms with E-state index in [0.717, 1.165) is 84.0 Å². The van der Waals surface area contributed by atoms with Gasteiger partial charge in [0.25, 0.3) is 0 Å². The number of benzene rings is 9. The number of nitrogens with zero attached hydrogens (tertiary/aromatic N) is 5. The second-order valence-electron chi connectivity index (χ2n) is 23.8. The van der Waals surface area contributed by atoms with Gasteiger partial charge in [0.05, 0.1) is 33.3 Å². The molecule has 0 fully saturated rings. The topological polar surface area (TPSA) is 59.1 Å². The second-order valence-corrected chi connectivity index (χ2v) is 23.8. The summed E-state index contributed by atoms with van der Waals surface area (Å²) in [6.07, 6.45) is 1.95. The maximum Gasteiger partial charge on any atom is 0.149 e. The number of anilines is 3. The molecule has 0 aliphatic rings. The smallest absolute Gasteiger partial charge is 0.149 e. The van der Waals surface area contributed by atoms with Gasteiger partial charge >= 0.3 is 0 Å². The predicted molar refractivity (Wildman–Crippen MR) is 327 cm³/mol. The number of imidazole rings is 1. The quantitative estimate of drug-likeness (QED) is 0.157. The van der Waals surface area contributed by atoms with Crippen molar-refractivity contribution in [2.75, 3.05) is 4.90 Å². The Morgan fingerprint density at radius 1 is 0.397 bits per heavy atom. The number of phenolic OH excluding ortho intramolecular Hbond substituents is 1. The van der Waals surface area contributed by atoms with Crippen molar-refractivity contribution in [2.24, 2.45) is 0 Å². The molecule has 0 aliphatic carbocycles. The molecule has 0 spiro atoms. The van der Waals surface area contributed by atoms with Crippen LogP contribution in [0.15, 0.2) is 225 Å². The number of hydrogen-bond acceptors (Lipinski definition) is 4. The number of hydrogen-bond donors (Lipinski definition) is 1. The van der Waals surface area contributed by atoms with Gasteiger partial charge in [-0.25, -0.2) is 4.98 Å². The maximum atomic E-state index is 11.5. The highest BCUT2D eigenvalue weighted by Crippen LogP contribution is 2.44. The third kappa shape index (κ3) is 9.11. The molecule has 9 aromatic carbocycles. The molecule has 0 radical (unpaired) electrons. The molecule has 0 aliphatic heterocycles. The third-order valence-corrected chi connectivity index (χ3v) is 15.3. The van der Waals surface area contributed by atoms with Crippen molar-refractivity contribution in [2.45, 2.75) is 78.6 Å². The summed E-state index contributed by atoms with van der Waals surface area (Å²) in [7, 11) is 0. The molecule has 0 amide bonds. The van der Waals surface area contributed by atoms with Crippen LogP contribution >= 0.6 is 0 Å². The lowest BCUT2D eigenvalue weighted by atomic mass is 9.80. The van der Waals surface area contributed by atoms with Crippen molar-refractivity contribution < 1.29 is 5.11 Å². The van der Waals surface area contributed by atoms with Crippen molar-refractivity contribution in [1.29, 1.82) is 0 Å². The van der Waals surface area contributed by atoms with Gasteiger partial charge in [-0.15, -0.1) is 0 Å². The number of para-hydroxylation sites is 6. The normalized spacial score (nSPS) is 12.2. The highest BCUT2D eigenvalue weighted by atomic mass is 16.3. The molecular weight excluding hydrogens is 951 g/mol. The molecule has 0 saturated heterocycles. The first-order chi connectivity index (χ1) is 37.5. The Labute approximate surface area is 458 Å². The van der Waals surface area contributed by atoms with Crippen LogP contribution in [-0.2, 0) is 16.2 Å². The first-order valence-electron chi connectivity index (χ1n) is 27.1. The van der Waals surface area contributed by atoms with E-state index in [1.54, 1.807) is 6.07 Å². The first kappa shape index (κ1) is 49.9. The predicted octanol–water partition coefficient (Wildman–Crippen LogP) is 19.3. The molecule has 12 rings (SSSR count). The Morgan fingerprint density at radius 3 is 1.60 bits per heavy atom. The third-order valence-electron chi connectivity index (χ3n) is 15.3. The number of aromatic hydroxyl groups is 1. The number of aromatic nitrogens is 4. The van der Waals surface area contributed by atoms with E-state index in [-0.39, 0.29) is 22.0 Å². The molecule has 78 heavy (non-hydrogen) atoms. The summed E-state index contributed by atoms with van der Waals surface area (Å²) < 4.78 is 4.67. The van der Waals surface area contributed by atoms with Crippen LogP contribution < -0.4 is 4.90 Å². The van der Waals surface area contributed by atoms with Gasteiger partial charge < -0.3 is 14.6 Å². The lowest BCUT2D eigenvalue weighted by molar-refractivity contribution is 0.477. The zero-order valence-corrected chi connectivity index (χ0v) is 46.0. The molecule has 0 unspecified atom stereocenters. The van der Waals surface area contributed by atoms with Gasteiger partial charge in [0.1, 0.15) is 11.6 Å². The van der Waals surface area contributed by atoms with Crippen LogP contribution in [-0.4, -0.2) is 24.2 Å². The fourth-order valence-corrected chi connectivity index (χ4v) is 11.0. The molecule has 0 bridgehead atoms. The van der Waals surface area contributed by atoms with E-state index in [1.165, 1.54) is 27.5 Å². The highest BCUT2D eigenvalue weighted by Gasteiger charge is 2.27. The highest BCUT2D eigenvalue weighted by molar-refractivity contribution is 6.14. The second kappa shape index (κ2) is 19.2. The Hall–Kier alpha value is -9.00. The summed E-state index contributed by atoms with van der Waals surface area (Å²) in [5, 5.41) is 13.9. The van der Waals surface area contributed by atoms with E-state index in [0.29, 0.717) is 11.4 Å². The molecule has 6 nitrogen and oxygen atoms in total. The standard InChI is InChI=1S/C72H65N5O/c1-70(2,3)50-41-48(58-28-21-32-65-67(58)74-69(62-27-17-19-33-66(62)78)77(65)57-45-51(71(4,5)6)44-52(46-57)72(7,8)9)40-49(42-50)63-43-47(38-39-73-63)59-29-20-30-61-60-26-16-18-31-64(60)76(68(59)61)56-36-34-55(35-37-56)75(53-22-12-10-13-23-53)54-24-14-11-15-25-54/h10-46,78H,1-9H3. The summed E-state index contributed by atoms with van der Waals surface area (Å²) in [5.74, 6) is 0.872. The van der Waals surface area contributed by atoms with Gasteiger partial charge in [0.15, 0.2) is 0 Å². The first-order valence-corrected chi connectivity index (χ1v) is 27.1. The van der Waals surface area contributed by atoms with Gasteiger partial charge in [0.2, 0.25) is 0 Å². The van der Waals surface area contributed by atoms with Gasteiger partial charge in [-0.3, -0.25) is 9.55 Å². The van der Waals surface area contributed by atoms with Gasteiger partial charge in [-0.2, -0.15) is 0 Å². The van der Waals surface area contributed by atoms with Crippen LogP contribution in [0.2, 0.25) is 0 Å². The molecule has 0 atom stereocenters. The summed E-state index contributed by atoms with van der Waals surface area (Å²) in [6, 6.07) is 77.7. The lowest BCUT2D eigenvalue weighted by Gasteiger charge is -2.27. The van der Waals surface area contributed by atoms with Crippen LogP contribution in [0, 0.1) is 0 Å².